The van der Waals surface area contributed by atoms with E-state index in [2.05, 4.69) is 17.4 Å². The monoisotopic (exact) mass is 223 g/mol. The van der Waals surface area contributed by atoms with Gasteiger partial charge in [-0.25, -0.2) is 0 Å². The Morgan fingerprint density at radius 1 is 1.19 bits per heavy atom. The number of hydrogen-bond donors (Lipinski definition) is 3. The Morgan fingerprint density at radius 3 is 2.62 bits per heavy atom. The lowest BCUT2D eigenvalue weighted by molar-refractivity contribution is 0.148. The Bertz CT molecular complexity index is 264. The molecule has 90 valence electrons. The van der Waals surface area contributed by atoms with Crippen LogP contribution in [0.4, 0.5) is 0 Å². The van der Waals surface area contributed by atoms with Crippen molar-refractivity contribution >= 4 is 0 Å². The van der Waals surface area contributed by atoms with Crippen LogP contribution in [0.5, 0.6) is 0 Å². The Morgan fingerprint density at radius 2 is 1.94 bits per heavy atom. The normalized spacial score (nSPS) is 12.6. The van der Waals surface area contributed by atoms with Crippen molar-refractivity contribution in [1.82, 2.24) is 5.32 Å². The van der Waals surface area contributed by atoms with Crippen LogP contribution >= 0.6 is 0 Å². The SMILES string of the molecule is OCCCC(O)CNCCc1ccccc1. The second-order valence-corrected chi connectivity index (χ2v) is 3.96. The smallest absolute Gasteiger partial charge is 0.0665 e. The molecule has 1 unspecified atom stereocenters. The van der Waals surface area contributed by atoms with Gasteiger partial charge in [-0.15, -0.1) is 0 Å². The predicted molar refractivity (Wildman–Crippen MR) is 65.3 cm³/mol. The van der Waals surface area contributed by atoms with Crippen molar-refractivity contribution in [3.05, 3.63) is 35.9 Å². The third-order valence-corrected chi connectivity index (χ3v) is 2.51. The standard InChI is InChI=1S/C13H21NO2/c15-10-4-7-13(16)11-14-9-8-12-5-2-1-3-6-12/h1-3,5-6,13-16H,4,7-11H2. The molecule has 0 fully saturated rings. The van der Waals surface area contributed by atoms with Gasteiger partial charge in [0.1, 0.15) is 0 Å². The number of aliphatic hydroxyl groups is 2. The molecule has 1 rings (SSSR count). The van der Waals surface area contributed by atoms with Gasteiger partial charge in [-0.2, -0.15) is 0 Å². The second kappa shape index (κ2) is 8.28. The Kier molecular flexibility index (Phi) is 6.81. The van der Waals surface area contributed by atoms with E-state index in [0.717, 1.165) is 13.0 Å². The van der Waals surface area contributed by atoms with E-state index in [4.69, 9.17) is 5.11 Å². The van der Waals surface area contributed by atoms with Crippen molar-refractivity contribution in [1.29, 1.82) is 0 Å². The third kappa shape index (κ3) is 5.85. The number of hydrogen-bond acceptors (Lipinski definition) is 3. The van der Waals surface area contributed by atoms with Gasteiger partial charge in [-0.3, -0.25) is 0 Å². The summed E-state index contributed by atoms with van der Waals surface area (Å²) >= 11 is 0. The number of aliphatic hydroxyl groups excluding tert-OH is 2. The molecule has 1 aromatic carbocycles. The van der Waals surface area contributed by atoms with Gasteiger partial charge in [0.15, 0.2) is 0 Å². The van der Waals surface area contributed by atoms with E-state index in [1.54, 1.807) is 0 Å². The van der Waals surface area contributed by atoms with Crippen molar-refractivity contribution in [2.24, 2.45) is 0 Å². The largest absolute Gasteiger partial charge is 0.396 e. The zero-order chi connectivity index (χ0) is 11.6. The molecule has 3 N–H and O–H groups in total. The average Bonchev–Trinajstić information content (AvgIpc) is 2.33. The number of nitrogens with one attached hydrogen (secondary N) is 1. The summed E-state index contributed by atoms with van der Waals surface area (Å²) in [5, 5.41) is 21.3. The fourth-order valence-corrected chi connectivity index (χ4v) is 1.58. The topological polar surface area (TPSA) is 52.5 Å². The molecule has 16 heavy (non-hydrogen) atoms. The van der Waals surface area contributed by atoms with Gasteiger partial charge < -0.3 is 15.5 Å². The summed E-state index contributed by atoms with van der Waals surface area (Å²) in [7, 11) is 0. The molecule has 0 heterocycles. The first-order chi connectivity index (χ1) is 7.83. The fourth-order valence-electron chi connectivity index (χ4n) is 1.58. The molecule has 0 aliphatic rings. The van der Waals surface area contributed by atoms with Crippen LogP contribution in [-0.2, 0) is 6.42 Å². The minimum absolute atomic E-state index is 0.154. The van der Waals surface area contributed by atoms with Gasteiger partial charge in [0, 0.05) is 13.2 Å². The van der Waals surface area contributed by atoms with E-state index in [9.17, 15) is 5.11 Å². The number of benzene rings is 1. The van der Waals surface area contributed by atoms with Gasteiger partial charge in [0.2, 0.25) is 0 Å². The van der Waals surface area contributed by atoms with Crippen LogP contribution in [0.15, 0.2) is 30.3 Å². The van der Waals surface area contributed by atoms with E-state index in [1.165, 1.54) is 5.56 Å². The van der Waals surface area contributed by atoms with Crippen LogP contribution in [0.3, 0.4) is 0 Å². The van der Waals surface area contributed by atoms with Crippen molar-refractivity contribution in [2.45, 2.75) is 25.4 Å². The van der Waals surface area contributed by atoms with Crippen molar-refractivity contribution in [2.75, 3.05) is 19.7 Å². The Labute approximate surface area is 97.1 Å². The van der Waals surface area contributed by atoms with Crippen LogP contribution in [0.25, 0.3) is 0 Å². The molecular formula is C13H21NO2. The highest BCUT2D eigenvalue weighted by atomic mass is 16.3. The molecule has 0 radical (unpaired) electrons. The van der Waals surface area contributed by atoms with Crippen LogP contribution in [0.1, 0.15) is 18.4 Å². The fraction of sp³-hybridized carbons (Fsp3) is 0.538. The Hall–Kier alpha value is -0.900. The maximum absolute atomic E-state index is 9.50. The lowest BCUT2D eigenvalue weighted by atomic mass is 10.1. The van der Waals surface area contributed by atoms with E-state index >= 15 is 0 Å². The number of rotatable bonds is 8. The molecule has 0 saturated carbocycles. The summed E-state index contributed by atoms with van der Waals surface area (Å²) in [6.07, 6.45) is 1.96. The summed E-state index contributed by atoms with van der Waals surface area (Å²) < 4.78 is 0. The summed E-state index contributed by atoms with van der Waals surface area (Å²) in [5.74, 6) is 0. The summed E-state index contributed by atoms with van der Waals surface area (Å²) in [4.78, 5) is 0. The van der Waals surface area contributed by atoms with Gasteiger partial charge in [0.25, 0.3) is 0 Å². The highest BCUT2D eigenvalue weighted by Gasteiger charge is 2.02. The van der Waals surface area contributed by atoms with Crippen LogP contribution < -0.4 is 5.32 Å². The maximum Gasteiger partial charge on any atom is 0.0665 e. The molecule has 0 amide bonds. The van der Waals surface area contributed by atoms with Crippen LogP contribution in [0.2, 0.25) is 0 Å². The van der Waals surface area contributed by atoms with Crippen LogP contribution in [0, 0.1) is 0 Å². The minimum Gasteiger partial charge on any atom is -0.396 e. The Balaban J connectivity index is 2.03. The molecule has 1 atom stereocenters. The van der Waals surface area contributed by atoms with Gasteiger partial charge >= 0.3 is 0 Å². The van der Waals surface area contributed by atoms with Crippen molar-refractivity contribution < 1.29 is 10.2 Å². The highest BCUT2D eigenvalue weighted by Crippen LogP contribution is 1.98. The van der Waals surface area contributed by atoms with Gasteiger partial charge in [-0.1, -0.05) is 30.3 Å². The summed E-state index contributed by atoms with van der Waals surface area (Å²) in [5.41, 5.74) is 1.31. The zero-order valence-electron chi connectivity index (χ0n) is 9.60. The molecule has 3 nitrogen and oxygen atoms in total. The van der Waals surface area contributed by atoms with Crippen molar-refractivity contribution in [3.63, 3.8) is 0 Å². The molecule has 0 bridgehead atoms. The zero-order valence-corrected chi connectivity index (χ0v) is 9.60. The first-order valence-electron chi connectivity index (χ1n) is 5.86. The van der Waals surface area contributed by atoms with Crippen molar-refractivity contribution in [3.8, 4) is 0 Å². The highest BCUT2D eigenvalue weighted by molar-refractivity contribution is 5.14. The first kappa shape index (κ1) is 13.2. The van der Waals surface area contributed by atoms with E-state index in [0.29, 0.717) is 19.4 Å². The molecule has 3 heteroatoms. The van der Waals surface area contributed by atoms with E-state index < -0.39 is 0 Å². The van der Waals surface area contributed by atoms with Gasteiger partial charge in [-0.05, 0) is 31.4 Å². The molecule has 0 aliphatic carbocycles. The third-order valence-electron chi connectivity index (χ3n) is 2.51. The minimum atomic E-state index is -0.345. The molecule has 0 saturated heterocycles. The molecule has 0 aliphatic heterocycles. The van der Waals surface area contributed by atoms with Crippen LogP contribution in [-0.4, -0.2) is 36.0 Å². The average molecular weight is 223 g/mol. The molecule has 0 spiro atoms. The van der Waals surface area contributed by atoms with E-state index in [-0.39, 0.29) is 12.7 Å². The lowest BCUT2D eigenvalue weighted by Gasteiger charge is -2.10. The molecule has 1 aromatic rings. The molecular weight excluding hydrogens is 202 g/mol. The van der Waals surface area contributed by atoms with Gasteiger partial charge in [0.05, 0.1) is 6.10 Å². The maximum atomic E-state index is 9.50. The second-order valence-electron chi connectivity index (χ2n) is 3.96. The lowest BCUT2D eigenvalue weighted by Crippen LogP contribution is -2.28. The summed E-state index contributed by atoms with van der Waals surface area (Å²) in [6.45, 7) is 1.63. The first-order valence-corrected chi connectivity index (χ1v) is 5.86. The quantitative estimate of drug-likeness (QED) is 0.575. The molecule has 0 aromatic heterocycles. The predicted octanol–water partition coefficient (Wildman–Crippen LogP) is 0.952. The summed E-state index contributed by atoms with van der Waals surface area (Å²) in [6, 6.07) is 10.3. The van der Waals surface area contributed by atoms with E-state index in [1.807, 2.05) is 18.2 Å².